The van der Waals surface area contributed by atoms with Crippen molar-refractivity contribution < 1.29 is 17.5 Å². The van der Waals surface area contributed by atoms with Crippen LogP contribution in [0.2, 0.25) is 5.02 Å². The number of hydrogen-bond acceptors (Lipinski definition) is 5. The van der Waals surface area contributed by atoms with Gasteiger partial charge in [0.05, 0.1) is 16.5 Å². The molecule has 0 atom stereocenters. The van der Waals surface area contributed by atoms with E-state index in [4.69, 9.17) is 16.3 Å². The topological polar surface area (TPSA) is 97.0 Å². The zero-order valence-corrected chi connectivity index (χ0v) is 11.8. The molecule has 10 heteroatoms. The van der Waals surface area contributed by atoms with Gasteiger partial charge in [-0.3, -0.25) is 0 Å². The predicted molar refractivity (Wildman–Crippen MR) is 69.8 cm³/mol. The maximum atomic E-state index is 13.0. The van der Waals surface area contributed by atoms with Gasteiger partial charge in [-0.2, -0.15) is 4.98 Å². The summed E-state index contributed by atoms with van der Waals surface area (Å²) in [6.07, 6.45) is 0. The van der Waals surface area contributed by atoms with Gasteiger partial charge in [-0.15, -0.1) is 5.10 Å². The maximum absolute atomic E-state index is 13.0. The van der Waals surface area contributed by atoms with Gasteiger partial charge in [0.15, 0.2) is 0 Å². The third-order valence-electron chi connectivity index (χ3n) is 2.17. The third kappa shape index (κ3) is 3.17. The number of benzene rings is 1. The molecule has 2 rings (SSSR count). The Kier molecular flexibility index (Phi) is 4.09. The van der Waals surface area contributed by atoms with Crippen molar-refractivity contribution >= 4 is 27.6 Å². The Labute approximate surface area is 119 Å². The Morgan fingerprint density at radius 1 is 1.50 bits per heavy atom. The maximum Gasteiger partial charge on any atom is 0.337 e. The Morgan fingerprint density at radius 3 is 2.90 bits per heavy atom. The van der Waals surface area contributed by atoms with E-state index in [1.807, 2.05) is 0 Å². The van der Waals surface area contributed by atoms with E-state index >= 15 is 0 Å². The Bertz CT molecular complexity index is 719. The minimum atomic E-state index is -3.94. The molecule has 2 aromatic rings. The first-order chi connectivity index (χ1) is 9.42. The molecular weight excluding hydrogens is 311 g/mol. The second-order valence-corrected chi connectivity index (χ2v) is 5.67. The lowest BCUT2D eigenvalue weighted by molar-refractivity contribution is 0.314. The van der Waals surface area contributed by atoms with Crippen LogP contribution in [0.15, 0.2) is 23.1 Å². The van der Waals surface area contributed by atoms with Crippen LogP contribution in [0, 0.1) is 5.82 Å². The molecule has 0 saturated heterocycles. The van der Waals surface area contributed by atoms with Gasteiger partial charge in [0, 0.05) is 0 Å². The number of ether oxygens (including phenoxy) is 1. The summed E-state index contributed by atoms with van der Waals surface area (Å²) in [6.45, 7) is 2.08. The van der Waals surface area contributed by atoms with Crippen LogP contribution >= 0.6 is 11.6 Å². The molecule has 0 saturated carbocycles. The normalized spacial score (nSPS) is 11.3. The fourth-order valence-electron chi connectivity index (χ4n) is 1.32. The van der Waals surface area contributed by atoms with Crippen molar-refractivity contribution in [1.82, 2.24) is 15.2 Å². The first-order valence-electron chi connectivity index (χ1n) is 5.45. The molecule has 0 aliphatic carbocycles. The second-order valence-electron chi connectivity index (χ2n) is 3.58. The van der Waals surface area contributed by atoms with Crippen molar-refractivity contribution in [3.63, 3.8) is 0 Å². The molecule has 2 N–H and O–H groups in total. The number of aromatic amines is 1. The summed E-state index contributed by atoms with van der Waals surface area (Å²) in [5.41, 5.74) is 0. The van der Waals surface area contributed by atoms with Crippen LogP contribution in [-0.4, -0.2) is 30.2 Å². The molecule has 0 aliphatic rings. The molecule has 1 heterocycles. The number of H-pyrrole nitrogens is 1. The van der Waals surface area contributed by atoms with Crippen LogP contribution in [0.4, 0.5) is 10.3 Å². The SMILES string of the molecule is CCOc1n[nH]c(NS(=O)(=O)c2ccc(F)c(Cl)c2)n1. The van der Waals surface area contributed by atoms with E-state index in [9.17, 15) is 12.8 Å². The number of halogens is 2. The lowest BCUT2D eigenvalue weighted by Crippen LogP contribution is -2.14. The number of hydrogen-bond donors (Lipinski definition) is 2. The first-order valence-corrected chi connectivity index (χ1v) is 7.31. The molecule has 0 aliphatic heterocycles. The number of nitrogens with one attached hydrogen (secondary N) is 2. The van der Waals surface area contributed by atoms with E-state index in [2.05, 4.69) is 19.9 Å². The summed E-state index contributed by atoms with van der Waals surface area (Å²) >= 11 is 5.55. The highest BCUT2D eigenvalue weighted by Crippen LogP contribution is 2.21. The zero-order valence-electron chi connectivity index (χ0n) is 10.2. The van der Waals surface area contributed by atoms with Gasteiger partial charge in [-0.05, 0) is 25.1 Å². The van der Waals surface area contributed by atoms with Gasteiger partial charge in [-0.1, -0.05) is 11.6 Å². The quantitative estimate of drug-likeness (QED) is 0.875. The van der Waals surface area contributed by atoms with Crippen molar-refractivity contribution in [2.75, 3.05) is 11.3 Å². The van der Waals surface area contributed by atoms with Gasteiger partial charge in [0.2, 0.25) is 5.95 Å². The summed E-state index contributed by atoms with van der Waals surface area (Å²) < 4.78 is 44.2. The van der Waals surface area contributed by atoms with Crippen LogP contribution in [-0.2, 0) is 10.0 Å². The van der Waals surface area contributed by atoms with Gasteiger partial charge in [0.1, 0.15) is 5.82 Å². The Hall–Kier alpha value is -1.87. The zero-order chi connectivity index (χ0) is 14.8. The van der Waals surface area contributed by atoms with Crippen molar-refractivity contribution in [2.24, 2.45) is 0 Å². The first kappa shape index (κ1) is 14.5. The number of nitrogens with zero attached hydrogens (tertiary/aromatic N) is 2. The lowest BCUT2D eigenvalue weighted by atomic mass is 10.3. The molecule has 0 fully saturated rings. The van der Waals surface area contributed by atoms with Crippen LogP contribution in [0.1, 0.15) is 6.92 Å². The molecular formula is C10H10ClFN4O3S. The molecule has 20 heavy (non-hydrogen) atoms. The van der Waals surface area contributed by atoms with Gasteiger partial charge in [0.25, 0.3) is 10.0 Å². The molecule has 1 aromatic carbocycles. The van der Waals surface area contributed by atoms with Gasteiger partial charge in [-0.25, -0.2) is 22.6 Å². The second kappa shape index (κ2) is 5.63. The fourth-order valence-corrected chi connectivity index (χ4v) is 2.55. The minimum absolute atomic E-state index is 0.0161. The van der Waals surface area contributed by atoms with E-state index in [0.29, 0.717) is 6.61 Å². The van der Waals surface area contributed by atoms with E-state index in [1.54, 1.807) is 6.92 Å². The molecule has 108 valence electrons. The van der Waals surface area contributed by atoms with Crippen LogP contribution in [0.5, 0.6) is 6.01 Å². The third-order valence-corrected chi connectivity index (χ3v) is 3.80. The number of anilines is 1. The highest BCUT2D eigenvalue weighted by molar-refractivity contribution is 7.92. The lowest BCUT2D eigenvalue weighted by Gasteiger charge is -2.05. The molecule has 0 unspecified atom stereocenters. The number of aromatic nitrogens is 3. The summed E-state index contributed by atoms with van der Waals surface area (Å²) in [6, 6.07) is 3.06. The van der Waals surface area contributed by atoms with E-state index < -0.39 is 15.8 Å². The summed E-state index contributed by atoms with van der Waals surface area (Å²) in [7, 11) is -3.94. The molecule has 0 spiro atoms. The molecule has 1 aromatic heterocycles. The highest BCUT2D eigenvalue weighted by atomic mass is 35.5. The van der Waals surface area contributed by atoms with Crippen LogP contribution in [0.25, 0.3) is 0 Å². The van der Waals surface area contributed by atoms with E-state index in [-0.39, 0.29) is 21.9 Å². The average molecular weight is 321 g/mol. The minimum Gasteiger partial charge on any atom is -0.463 e. The van der Waals surface area contributed by atoms with Gasteiger partial charge >= 0.3 is 6.01 Å². The monoisotopic (exact) mass is 320 g/mol. The highest BCUT2D eigenvalue weighted by Gasteiger charge is 2.18. The number of sulfonamides is 1. The van der Waals surface area contributed by atoms with Crippen molar-refractivity contribution in [3.05, 3.63) is 29.0 Å². The summed E-state index contributed by atoms with van der Waals surface area (Å²) in [5, 5.41) is 5.71. The van der Waals surface area contributed by atoms with Crippen LogP contribution in [0.3, 0.4) is 0 Å². The Balaban J connectivity index is 2.23. The van der Waals surface area contributed by atoms with Crippen LogP contribution < -0.4 is 9.46 Å². The fraction of sp³-hybridized carbons (Fsp3) is 0.200. The molecule has 0 radical (unpaired) electrons. The van der Waals surface area contributed by atoms with Crippen molar-refractivity contribution in [1.29, 1.82) is 0 Å². The number of rotatable bonds is 5. The summed E-state index contributed by atoms with van der Waals surface area (Å²) in [4.78, 5) is 3.57. The standard InChI is InChI=1S/C10H10ClFN4O3S/c1-2-19-10-13-9(14-15-10)16-20(17,18)6-3-4-8(12)7(11)5-6/h3-5H,2H2,1H3,(H2,13,14,15,16). The summed E-state index contributed by atoms with van der Waals surface area (Å²) in [5.74, 6) is -0.821. The molecule has 0 amide bonds. The van der Waals surface area contributed by atoms with E-state index in [1.165, 1.54) is 0 Å². The van der Waals surface area contributed by atoms with Crippen molar-refractivity contribution in [2.45, 2.75) is 11.8 Å². The smallest absolute Gasteiger partial charge is 0.337 e. The predicted octanol–water partition coefficient (Wildman–Crippen LogP) is 1.80. The molecule has 7 nitrogen and oxygen atoms in total. The van der Waals surface area contributed by atoms with Gasteiger partial charge < -0.3 is 4.74 Å². The van der Waals surface area contributed by atoms with Crippen molar-refractivity contribution in [3.8, 4) is 6.01 Å². The van der Waals surface area contributed by atoms with E-state index in [0.717, 1.165) is 18.2 Å². The average Bonchev–Trinajstić information content (AvgIpc) is 2.79. The largest absolute Gasteiger partial charge is 0.463 e. The molecule has 0 bridgehead atoms. The Morgan fingerprint density at radius 2 is 2.25 bits per heavy atom.